The van der Waals surface area contributed by atoms with Crippen LogP contribution >= 0.6 is 0 Å². The predicted octanol–water partition coefficient (Wildman–Crippen LogP) is 3.86. The minimum atomic E-state index is -1.05. The zero-order valence-corrected chi connectivity index (χ0v) is 16.1. The van der Waals surface area contributed by atoms with E-state index in [1.54, 1.807) is 0 Å². The number of fused-ring (bicyclic) bond motifs is 1. The van der Waals surface area contributed by atoms with Crippen LogP contribution in [0.25, 0.3) is 0 Å². The van der Waals surface area contributed by atoms with Crippen LogP contribution in [0.3, 0.4) is 0 Å². The number of aryl methyl sites for hydroxylation is 1. The van der Waals surface area contributed by atoms with Crippen molar-refractivity contribution in [3.8, 4) is 0 Å². The molecule has 2 unspecified atom stereocenters. The molecule has 2 rings (SSSR count). The number of hydrogen-bond donors (Lipinski definition) is 1. The molecule has 0 bridgehead atoms. The summed E-state index contributed by atoms with van der Waals surface area (Å²) in [6.45, 7) is 1.38. The lowest BCUT2D eigenvalue weighted by atomic mass is 9.93. The van der Waals surface area contributed by atoms with Crippen LogP contribution < -0.4 is 0 Å². The van der Waals surface area contributed by atoms with Gasteiger partial charge in [-0.05, 0) is 31.7 Å². The zero-order valence-electron chi connectivity index (χ0n) is 16.1. The van der Waals surface area contributed by atoms with Gasteiger partial charge in [-0.3, -0.25) is 14.4 Å². The fourth-order valence-electron chi connectivity index (χ4n) is 3.55. The molecule has 0 aliphatic carbocycles. The molecule has 1 N–H and O–H groups in total. The maximum absolute atomic E-state index is 12.8. The molecule has 1 aromatic rings. The highest BCUT2D eigenvalue weighted by molar-refractivity contribution is 5.88. The van der Waals surface area contributed by atoms with Gasteiger partial charge in [-0.25, -0.2) is 0 Å². The molecule has 0 amide bonds. The van der Waals surface area contributed by atoms with E-state index < -0.39 is 12.2 Å². The monoisotopic (exact) mass is 374 g/mol. The van der Waals surface area contributed by atoms with Crippen LogP contribution in [0.4, 0.5) is 0 Å². The highest BCUT2D eigenvalue weighted by Crippen LogP contribution is 2.27. The second-order valence-electron chi connectivity index (χ2n) is 7.42. The number of carbonyl (C=O) groups excluding carboxylic acids is 3. The summed E-state index contributed by atoms with van der Waals surface area (Å²) in [7, 11) is 0. The lowest BCUT2D eigenvalue weighted by Crippen LogP contribution is -2.25. The molecule has 0 spiro atoms. The second-order valence-corrected chi connectivity index (χ2v) is 7.42. The molecule has 5 nitrogen and oxygen atoms in total. The van der Waals surface area contributed by atoms with E-state index in [9.17, 15) is 19.5 Å². The lowest BCUT2D eigenvalue weighted by molar-refractivity contribution is -0.156. The number of hydrogen-bond acceptors (Lipinski definition) is 5. The van der Waals surface area contributed by atoms with E-state index in [0.29, 0.717) is 12.0 Å². The Bertz CT molecular complexity index is 652. The first-order valence-electron chi connectivity index (χ1n) is 9.95. The second kappa shape index (κ2) is 11.0. The Hall–Kier alpha value is -2.01. The van der Waals surface area contributed by atoms with Gasteiger partial charge in [-0.2, -0.15) is 0 Å². The number of benzene rings is 1. The highest BCUT2D eigenvalue weighted by Gasteiger charge is 2.28. The standard InChI is InChI=1S/C22H30O5/c1-16(23)14-18(24)15-20(25)22-19-12-9-8-11-17(19)10-6-4-2-3-5-7-13-21(26)27-22/h8-9,11-12,18,22,24H,2-7,10,13-15H2,1H3. The van der Waals surface area contributed by atoms with Crippen LogP contribution in [0.2, 0.25) is 0 Å². The fourth-order valence-corrected chi connectivity index (χ4v) is 3.55. The van der Waals surface area contributed by atoms with Crippen LogP contribution in [-0.2, 0) is 25.5 Å². The topological polar surface area (TPSA) is 80.7 Å². The molecule has 1 aliphatic rings. The van der Waals surface area contributed by atoms with E-state index in [0.717, 1.165) is 50.5 Å². The number of ketones is 2. The van der Waals surface area contributed by atoms with Crippen molar-refractivity contribution in [1.82, 2.24) is 0 Å². The average Bonchev–Trinajstić information content (AvgIpc) is 2.62. The molecule has 0 aromatic heterocycles. The number of rotatable bonds is 5. The number of Topliss-reactive ketones (excluding diaryl/α,β-unsaturated/α-hetero) is 2. The Kier molecular flexibility index (Phi) is 8.65. The summed E-state index contributed by atoms with van der Waals surface area (Å²) in [4.78, 5) is 36.3. The number of cyclic esters (lactones) is 1. The van der Waals surface area contributed by atoms with Gasteiger partial charge in [0.15, 0.2) is 11.9 Å². The molecule has 1 aromatic carbocycles. The number of aliphatic hydroxyl groups is 1. The van der Waals surface area contributed by atoms with Gasteiger partial charge >= 0.3 is 5.97 Å². The zero-order chi connectivity index (χ0) is 19.6. The molecule has 0 fully saturated rings. The van der Waals surface area contributed by atoms with E-state index in [1.165, 1.54) is 6.92 Å². The number of esters is 1. The van der Waals surface area contributed by atoms with Crippen molar-refractivity contribution in [2.45, 2.75) is 83.3 Å². The lowest BCUT2D eigenvalue weighted by Gasteiger charge is -2.21. The molecule has 5 heteroatoms. The van der Waals surface area contributed by atoms with Crippen LogP contribution in [0.5, 0.6) is 0 Å². The molecule has 0 saturated carbocycles. The van der Waals surface area contributed by atoms with Crippen LogP contribution in [0.15, 0.2) is 24.3 Å². The van der Waals surface area contributed by atoms with Crippen molar-refractivity contribution in [2.24, 2.45) is 0 Å². The Morgan fingerprint density at radius 1 is 1.04 bits per heavy atom. The van der Waals surface area contributed by atoms with Gasteiger partial charge in [0.25, 0.3) is 0 Å². The summed E-state index contributed by atoms with van der Waals surface area (Å²) in [5.41, 5.74) is 1.70. The van der Waals surface area contributed by atoms with Crippen molar-refractivity contribution < 1.29 is 24.2 Å². The number of aliphatic hydroxyl groups excluding tert-OH is 1. The molecule has 27 heavy (non-hydrogen) atoms. The van der Waals surface area contributed by atoms with Crippen molar-refractivity contribution in [3.63, 3.8) is 0 Å². The maximum atomic E-state index is 12.8. The third kappa shape index (κ3) is 7.25. The number of ether oxygens (including phenoxy) is 1. The van der Waals surface area contributed by atoms with Crippen LogP contribution in [0, 0.1) is 0 Å². The quantitative estimate of drug-likeness (QED) is 0.792. The SMILES string of the molecule is CC(=O)CC(O)CC(=O)C1OC(=O)CCCCCCCCc2ccccc21. The molecule has 0 radical (unpaired) electrons. The minimum Gasteiger partial charge on any atom is -0.449 e. The van der Waals surface area contributed by atoms with E-state index in [1.807, 2.05) is 24.3 Å². The first-order chi connectivity index (χ1) is 13.0. The predicted molar refractivity (Wildman–Crippen MR) is 102 cm³/mol. The van der Waals surface area contributed by atoms with Crippen molar-refractivity contribution >= 4 is 17.5 Å². The summed E-state index contributed by atoms with van der Waals surface area (Å²) in [5.74, 6) is -0.925. The van der Waals surface area contributed by atoms with Crippen molar-refractivity contribution in [3.05, 3.63) is 35.4 Å². The molecule has 1 heterocycles. The Balaban J connectivity index is 2.24. The largest absolute Gasteiger partial charge is 0.449 e. The summed E-state index contributed by atoms with van der Waals surface area (Å²) in [6.07, 6.45) is 4.92. The summed E-state index contributed by atoms with van der Waals surface area (Å²) in [5, 5.41) is 10.00. The third-order valence-electron chi connectivity index (χ3n) is 4.92. The molecule has 2 atom stereocenters. The molecular formula is C22H30O5. The van der Waals surface area contributed by atoms with Gasteiger partial charge in [0.1, 0.15) is 5.78 Å². The maximum Gasteiger partial charge on any atom is 0.306 e. The van der Waals surface area contributed by atoms with Gasteiger partial charge in [0, 0.05) is 24.8 Å². The van der Waals surface area contributed by atoms with E-state index in [4.69, 9.17) is 4.74 Å². The fraction of sp³-hybridized carbons (Fsp3) is 0.591. The van der Waals surface area contributed by atoms with Gasteiger partial charge in [0.2, 0.25) is 0 Å². The smallest absolute Gasteiger partial charge is 0.306 e. The summed E-state index contributed by atoms with van der Waals surface area (Å²) < 4.78 is 5.57. The van der Waals surface area contributed by atoms with Gasteiger partial charge in [-0.1, -0.05) is 49.9 Å². The molecular weight excluding hydrogens is 344 g/mol. The molecule has 148 valence electrons. The van der Waals surface area contributed by atoms with Gasteiger partial charge < -0.3 is 9.84 Å². The van der Waals surface area contributed by atoms with E-state index in [2.05, 4.69) is 0 Å². The first-order valence-corrected chi connectivity index (χ1v) is 9.95. The summed E-state index contributed by atoms with van der Waals surface area (Å²) in [6, 6.07) is 7.54. The minimum absolute atomic E-state index is 0.0753. The Morgan fingerprint density at radius 2 is 1.67 bits per heavy atom. The molecule has 0 saturated heterocycles. The normalized spacial score (nSPS) is 20.2. The molecule has 1 aliphatic heterocycles. The Morgan fingerprint density at radius 3 is 2.37 bits per heavy atom. The van der Waals surface area contributed by atoms with Crippen molar-refractivity contribution in [1.29, 1.82) is 0 Å². The van der Waals surface area contributed by atoms with E-state index >= 15 is 0 Å². The summed E-state index contributed by atoms with van der Waals surface area (Å²) >= 11 is 0. The van der Waals surface area contributed by atoms with Crippen molar-refractivity contribution in [2.75, 3.05) is 0 Å². The van der Waals surface area contributed by atoms with E-state index in [-0.39, 0.29) is 30.4 Å². The van der Waals surface area contributed by atoms with Gasteiger partial charge in [-0.15, -0.1) is 0 Å². The van der Waals surface area contributed by atoms with Crippen LogP contribution in [-0.4, -0.2) is 28.7 Å². The third-order valence-corrected chi connectivity index (χ3v) is 4.92. The number of carbonyl (C=O) groups is 3. The Labute approximate surface area is 161 Å². The highest BCUT2D eigenvalue weighted by atomic mass is 16.5. The van der Waals surface area contributed by atoms with Crippen LogP contribution in [0.1, 0.15) is 81.9 Å². The average molecular weight is 374 g/mol. The van der Waals surface area contributed by atoms with Gasteiger partial charge in [0.05, 0.1) is 6.10 Å². The first kappa shape index (κ1) is 21.3.